The second kappa shape index (κ2) is 11.4. The highest BCUT2D eigenvalue weighted by Crippen LogP contribution is 2.47. The third kappa shape index (κ3) is 6.23. The Hall–Kier alpha value is -2.45. The Bertz CT molecular complexity index is 1460. The van der Waals surface area contributed by atoms with Crippen LogP contribution in [0.25, 0.3) is 11.6 Å². The van der Waals surface area contributed by atoms with Gasteiger partial charge in [0.2, 0.25) is 0 Å². The monoisotopic (exact) mass is 613 g/mol. The van der Waals surface area contributed by atoms with Crippen molar-refractivity contribution in [3.8, 4) is 0 Å². The minimum atomic E-state index is -6.58. The molecule has 6 nitrogen and oxygen atoms in total. The molecular weight excluding hydrogens is 582 g/mol. The van der Waals surface area contributed by atoms with Gasteiger partial charge < -0.3 is 4.48 Å². The molecule has 0 bridgehead atoms. The zero-order chi connectivity index (χ0) is 30.1. The number of rotatable bonds is 6. The minimum absolute atomic E-state index is 0.153. The van der Waals surface area contributed by atoms with Crippen molar-refractivity contribution in [2.45, 2.75) is 56.5 Å². The molecule has 222 valence electrons. The molecule has 1 heterocycles. The molecule has 4 rings (SSSR count). The van der Waals surface area contributed by atoms with Crippen molar-refractivity contribution in [1.29, 1.82) is 5.41 Å². The van der Waals surface area contributed by atoms with E-state index in [0.717, 1.165) is 6.08 Å². The molecule has 1 aliphatic heterocycles. The van der Waals surface area contributed by atoms with Crippen LogP contribution in [0.1, 0.15) is 56.6 Å². The van der Waals surface area contributed by atoms with Crippen LogP contribution in [-0.2, 0) is 19.7 Å². The van der Waals surface area contributed by atoms with E-state index < -0.39 is 51.8 Å². The average molecular weight is 614 g/mol. The van der Waals surface area contributed by atoms with Crippen molar-refractivity contribution in [2.75, 3.05) is 26.7 Å². The molecule has 14 heteroatoms. The summed E-state index contributed by atoms with van der Waals surface area (Å²) in [7, 11) is -10.6. The van der Waals surface area contributed by atoms with Crippen molar-refractivity contribution < 1.29 is 47.7 Å². The first-order valence-electron chi connectivity index (χ1n) is 12.7. The van der Waals surface area contributed by atoms with Crippen LogP contribution in [0.2, 0.25) is 0 Å². The molecule has 1 aromatic rings. The number of unbranched alkanes of at least 4 members (excludes halogenated alkanes) is 2. The number of hydrogen-bond acceptors (Lipinski definition) is 5. The van der Waals surface area contributed by atoms with Gasteiger partial charge in [0.1, 0.15) is 4.91 Å². The van der Waals surface area contributed by atoms with Crippen LogP contribution in [0, 0.1) is 5.41 Å². The quantitative estimate of drug-likeness (QED) is 0.229. The van der Waals surface area contributed by atoms with Crippen LogP contribution in [-0.4, -0.2) is 64.7 Å². The van der Waals surface area contributed by atoms with Crippen LogP contribution in [0.3, 0.4) is 0 Å². The number of halogens is 6. The molecule has 1 saturated heterocycles. The minimum Gasteiger partial charge on any atom is -0.326 e. The molecule has 0 spiro atoms. The smallest absolute Gasteiger partial charge is 0.326 e. The number of fused-ring (bicyclic) bond motifs is 3. The van der Waals surface area contributed by atoms with Gasteiger partial charge in [0.05, 0.1) is 37.3 Å². The van der Waals surface area contributed by atoms with Crippen LogP contribution < -0.4 is 0 Å². The lowest BCUT2D eigenvalue weighted by Gasteiger charge is -2.37. The molecule has 0 radical (unpaired) electrons. The van der Waals surface area contributed by atoms with Gasteiger partial charge in [-0.05, 0) is 61.0 Å². The van der Waals surface area contributed by atoms with Crippen molar-refractivity contribution in [2.24, 2.45) is 0 Å². The van der Waals surface area contributed by atoms with Crippen molar-refractivity contribution >= 4 is 37.0 Å². The predicted molar refractivity (Wildman–Crippen MR) is 141 cm³/mol. The lowest BCUT2D eigenvalue weighted by molar-refractivity contribution is -0.914. The third-order valence-electron chi connectivity index (χ3n) is 7.20. The molecule has 0 saturated carbocycles. The maximum absolute atomic E-state index is 13.0. The topological polar surface area (TPSA) is 92.1 Å². The Balaban J connectivity index is 0.000000307. The van der Waals surface area contributed by atoms with E-state index in [1.807, 2.05) is 0 Å². The summed E-state index contributed by atoms with van der Waals surface area (Å²) in [4.78, 5) is -4.38. The number of hydrogen-bond donors (Lipinski definition) is 1. The largest absolute Gasteiger partial charge is 0.502 e. The van der Waals surface area contributed by atoms with Crippen LogP contribution in [0.15, 0.2) is 45.7 Å². The second-order valence-electron chi connectivity index (χ2n) is 10.2. The molecular formula is C26H31F6N2O4S2+. The molecule has 1 N–H and O–H groups in total. The first-order chi connectivity index (χ1) is 18.4. The van der Waals surface area contributed by atoms with E-state index in [-0.39, 0.29) is 22.8 Å². The summed E-state index contributed by atoms with van der Waals surface area (Å²) in [5.41, 5.74) is -13.9. The third-order valence-corrected chi connectivity index (χ3v) is 10.4. The maximum Gasteiger partial charge on any atom is 0.502 e. The highest BCUT2D eigenvalue weighted by molar-refractivity contribution is 8.00. The van der Waals surface area contributed by atoms with Crippen LogP contribution >= 0.6 is 0 Å². The fourth-order valence-electron chi connectivity index (χ4n) is 5.00. The summed E-state index contributed by atoms with van der Waals surface area (Å²) in [6.07, 6.45) is 9.94. The fourth-order valence-corrected chi connectivity index (χ4v) is 7.46. The predicted octanol–water partition coefficient (Wildman–Crippen LogP) is 6.39. The normalized spacial score (nSPS) is 19.2. The van der Waals surface area contributed by atoms with Gasteiger partial charge in [-0.2, -0.15) is 26.3 Å². The first-order valence-corrected chi connectivity index (χ1v) is 15.7. The van der Waals surface area contributed by atoms with Gasteiger partial charge in [-0.3, -0.25) is 5.41 Å². The maximum atomic E-state index is 13.0. The molecule has 1 fully saturated rings. The molecule has 0 amide bonds. The summed E-state index contributed by atoms with van der Waals surface area (Å²) in [5.74, 6) is 0. The fraction of sp³-hybridized carbons (Fsp3) is 0.500. The molecule has 0 aromatic heterocycles. The average Bonchev–Trinajstić information content (AvgIpc) is 3.23. The summed E-state index contributed by atoms with van der Waals surface area (Å²) < 4.78 is 127. The number of quaternary nitrogens is 1. The van der Waals surface area contributed by atoms with Gasteiger partial charge in [-0.15, -0.1) is 0 Å². The zero-order valence-electron chi connectivity index (χ0n) is 22.0. The molecule has 2 aliphatic carbocycles. The number of nitrogens with one attached hydrogen (secondary N) is 1. The zero-order valence-corrected chi connectivity index (χ0v) is 23.6. The SMILES string of the molecule is CCCCC[N+]1(C)CCCCC1.N=C1C2=Cc3ccccc3C2=CC(S(=O)(=O)C(F)(F)F)=C1S(=O)(=O)C(F)(F)F. The number of allylic oxidation sites excluding steroid dienone is 4. The van der Waals surface area contributed by atoms with E-state index >= 15 is 0 Å². The van der Waals surface area contributed by atoms with E-state index in [0.29, 0.717) is 0 Å². The van der Waals surface area contributed by atoms with E-state index in [1.54, 1.807) is 0 Å². The molecule has 3 aliphatic rings. The Kier molecular flexibility index (Phi) is 9.17. The van der Waals surface area contributed by atoms with Gasteiger partial charge in [0.25, 0.3) is 19.7 Å². The van der Waals surface area contributed by atoms with E-state index in [2.05, 4.69) is 14.0 Å². The Morgan fingerprint density at radius 1 is 0.825 bits per heavy atom. The standard InChI is InChI=1S/C15H7F6NO4S2.C11H24N/c16-14(17,18)27(23,24)11-6-9-8-4-2-1-3-7(8)5-10(9)12(22)13(11)28(25,26)15(19,20)21;1-3-4-6-9-12(2)10-7-5-8-11-12/h1-6,22H;3-11H2,1-2H3/q;+1. The van der Waals surface area contributed by atoms with Crippen molar-refractivity contribution in [3.63, 3.8) is 0 Å². The van der Waals surface area contributed by atoms with Crippen LogP contribution in [0.5, 0.6) is 0 Å². The Morgan fingerprint density at radius 3 is 1.95 bits per heavy atom. The van der Waals surface area contributed by atoms with Crippen LogP contribution in [0.4, 0.5) is 26.3 Å². The van der Waals surface area contributed by atoms with Gasteiger partial charge in [-0.25, -0.2) is 16.8 Å². The summed E-state index contributed by atoms with van der Waals surface area (Å²) in [5, 5.41) is 7.82. The molecule has 40 heavy (non-hydrogen) atoms. The lowest BCUT2D eigenvalue weighted by atomic mass is 9.95. The van der Waals surface area contributed by atoms with Gasteiger partial charge >= 0.3 is 11.0 Å². The van der Waals surface area contributed by atoms with Crippen molar-refractivity contribution in [1.82, 2.24) is 0 Å². The number of nitrogens with zero attached hydrogens (tertiary/aromatic N) is 1. The molecule has 0 unspecified atom stereocenters. The van der Waals surface area contributed by atoms with E-state index in [4.69, 9.17) is 5.41 Å². The number of sulfone groups is 2. The van der Waals surface area contributed by atoms with E-state index in [9.17, 15) is 43.2 Å². The van der Waals surface area contributed by atoms with Gasteiger partial charge in [0, 0.05) is 5.57 Å². The Morgan fingerprint density at radius 2 is 1.40 bits per heavy atom. The second-order valence-corrected chi connectivity index (χ2v) is 14.0. The summed E-state index contributed by atoms with van der Waals surface area (Å²) in [6, 6.07) is 5.69. The summed E-state index contributed by atoms with van der Waals surface area (Å²) in [6.45, 7) is 6.58. The molecule has 0 atom stereocenters. The van der Waals surface area contributed by atoms with Gasteiger partial charge in [-0.1, -0.05) is 37.6 Å². The molecule has 1 aromatic carbocycles. The number of alkyl halides is 6. The number of piperidine rings is 1. The highest BCUT2D eigenvalue weighted by atomic mass is 32.2. The lowest BCUT2D eigenvalue weighted by Crippen LogP contribution is -2.48. The highest BCUT2D eigenvalue weighted by Gasteiger charge is 2.57. The summed E-state index contributed by atoms with van der Waals surface area (Å²) >= 11 is 0. The first kappa shape index (κ1) is 32.1. The Labute approximate surface area is 230 Å². The van der Waals surface area contributed by atoms with Gasteiger partial charge in [0.15, 0.2) is 0 Å². The number of likely N-dealkylation sites (tertiary alicyclic amines) is 1. The van der Waals surface area contributed by atoms with E-state index in [1.165, 1.54) is 86.9 Å². The van der Waals surface area contributed by atoms with Crippen molar-refractivity contribution in [3.05, 3.63) is 56.9 Å². The number of benzene rings is 1.